The summed E-state index contributed by atoms with van der Waals surface area (Å²) in [7, 11) is 0. The summed E-state index contributed by atoms with van der Waals surface area (Å²) >= 11 is -0.437. The topological polar surface area (TPSA) is 0 Å². The van der Waals surface area contributed by atoms with Crippen LogP contribution in [0, 0.1) is 11.8 Å². The number of hydrogen-bond donors (Lipinski definition) is 0. The molecule has 0 spiro atoms. The van der Waals surface area contributed by atoms with Crippen molar-refractivity contribution in [2.75, 3.05) is 0 Å². The van der Waals surface area contributed by atoms with Gasteiger partial charge < -0.3 is 0 Å². The zero-order chi connectivity index (χ0) is 15.9. The third kappa shape index (κ3) is 16.5. The van der Waals surface area contributed by atoms with Crippen molar-refractivity contribution >= 4 is 14.1 Å². The molecule has 0 aliphatic carbocycles. The maximum atomic E-state index is 3.78. The normalized spacial score (nSPS) is 11.3. The highest BCUT2D eigenvalue weighted by Crippen LogP contribution is 2.21. The average Bonchev–Trinajstić information content (AvgIpc) is 2.39. The number of unbranched alkanes of at least 4 members (excludes halogenated alkanes) is 8. The molecule has 0 heterocycles. The minimum Gasteiger partial charge on any atom is -0.103 e. The molecule has 0 aromatic rings. The summed E-state index contributed by atoms with van der Waals surface area (Å²) in [5, 5.41) is 4.75. The van der Waals surface area contributed by atoms with Crippen molar-refractivity contribution in [2.24, 2.45) is 11.8 Å². The van der Waals surface area contributed by atoms with Gasteiger partial charge in [0.2, 0.25) is 0 Å². The van der Waals surface area contributed by atoms with Crippen LogP contribution >= 0.6 is 0 Å². The molecule has 0 amide bonds. The summed E-state index contributed by atoms with van der Waals surface area (Å²) in [6.07, 6.45) is 14.9. The second kappa shape index (κ2) is 15.2. The van der Waals surface area contributed by atoms with E-state index in [1.165, 1.54) is 57.8 Å². The van der Waals surface area contributed by atoms with Gasteiger partial charge in [-0.2, -0.15) is 0 Å². The smallest absolute Gasteiger partial charge is 0.103 e. The summed E-state index contributed by atoms with van der Waals surface area (Å²) in [4.78, 5) is 0. The third-order valence-electron chi connectivity index (χ3n) is 4.38. The van der Waals surface area contributed by atoms with E-state index in [4.69, 9.17) is 0 Å². The van der Waals surface area contributed by atoms with Crippen molar-refractivity contribution in [3.63, 3.8) is 0 Å². The van der Waals surface area contributed by atoms with Gasteiger partial charge in [-0.3, -0.25) is 0 Å². The van der Waals surface area contributed by atoms with Crippen LogP contribution in [0.3, 0.4) is 0 Å². The standard InChI is InChI=1S/C12H23.2C4H9.Al/c1-3-5-7-9-11-12-10-8-6-4-2;2*1-4(2)3;/h3H,1-2,4-12H2;2*4H,1H2,2-3H3;. The van der Waals surface area contributed by atoms with Gasteiger partial charge in [0.25, 0.3) is 14.1 Å². The third-order valence-corrected chi connectivity index (χ3v) is 8.82. The first-order valence-corrected chi connectivity index (χ1v) is 12.1. The molecule has 0 saturated heterocycles. The molecule has 0 saturated carbocycles. The maximum Gasteiger partial charge on any atom is 0.262 e. The van der Waals surface area contributed by atoms with Crippen molar-refractivity contribution in [1.82, 2.24) is 0 Å². The van der Waals surface area contributed by atoms with Crippen molar-refractivity contribution in [3.05, 3.63) is 12.7 Å². The Morgan fingerprint density at radius 1 is 0.714 bits per heavy atom. The molecule has 0 aliphatic heterocycles. The van der Waals surface area contributed by atoms with Gasteiger partial charge in [0, 0.05) is 0 Å². The minimum atomic E-state index is -0.437. The lowest BCUT2D eigenvalue weighted by Crippen LogP contribution is -2.17. The first-order valence-electron chi connectivity index (χ1n) is 9.67. The molecule has 0 nitrogen and oxygen atoms in total. The van der Waals surface area contributed by atoms with Crippen LogP contribution in [-0.2, 0) is 0 Å². The Morgan fingerprint density at radius 3 is 1.57 bits per heavy atom. The fraction of sp³-hybridized carbons (Fsp3) is 0.900. The first kappa shape index (κ1) is 21.3. The maximum absolute atomic E-state index is 3.78. The molecule has 0 aromatic carbocycles. The quantitative estimate of drug-likeness (QED) is 0.167. The van der Waals surface area contributed by atoms with Crippen molar-refractivity contribution in [2.45, 2.75) is 101 Å². The van der Waals surface area contributed by atoms with Crippen LogP contribution in [-0.4, -0.2) is 14.1 Å². The van der Waals surface area contributed by atoms with Crippen LogP contribution in [0.4, 0.5) is 0 Å². The lowest BCUT2D eigenvalue weighted by atomic mass is 10.1. The molecule has 1 heteroatoms. The Morgan fingerprint density at radius 2 is 1.14 bits per heavy atom. The molecule has 124 valence electrons. The van der Waals surface area contributed by atoms with Crippen molar-refractivity contribution in [3.8, 4) is 0 Å². The minimum absolute atomic E-state index is 0.437. The highest BCUT2D eigenvalue weighted by molar-refractivity contribution is 6.58. The van der Waals surface area contributed by atoms with E-state index in [-0.39, 0.29) is 0 Å². The van der Waals surface area contributed by atoms with Gasteiger partial charge in [0.1, 0.15) is 0 Å². The molecule has 0 aliphatic rings. The van der Waals surface area contributed by atoms with Gasteiger partial charge in [-0.05, 0) is 12.8 Å². The Hall–Kier alpha value is 0.272. The lowest BCUT2D eigenvalue weighted by Gasteiger charge is -2.16. The molecular formula is C20H41Al. The number of allylic oxidation sites excluding steroid dienone is 1. The SMILES string of the molecule is C=CCCCCCCCCC[CH2][Al]([CH2]C(C)C)[CH2]C(C)C. The summed E-state index contributed by atoms with van der Waals surface area (Å²) in [6.45, 7) is 13.4. The number of rotatable bonds is 15. The summed E-state index contributed by atoms with van der Waals surface area (Å²) in [6, 6.07) is 0. The first-order chi connectivity index (χ1) is 10.1. The van der Waals surface area contributed by atoms with E-state index in [9.17, 15) is 0 Å². The highest BCUT2D eigenvalue weighted by Gasteiger charge is 2.19. The Bertz CT molecular complexity index is 210. The molecule has 0 atom stereocenters. The Kier molecular flexibility index (Phi) is 15.4. The second-order valence-corrected chi connectivity index (χ2v) is 11.1. The van der Waals surface area contributed by atoms with E-state index in [1.807, 2.05) is 0 Å². The summed E-state index contributed by atoms with van der Waals surface area (Å²) < 4.78 is 0. The molecule has 0 bridgehead atoms. The molecular weight excluding hydrogens is 267 g/mol. The van der Waals surface area contributed by atoms with Crippen LogP contribution in [0.2, 0.25) is 15.8 Å². The predicted molar refractivity (Wildman–Crippen MR) is 102 cm³/mol. The van der Waals surface area contributed by atoms with E-state index in [0.29, 0.717) is 0 Å². The van der Waals surface area contributed by atoms with Crippen molar-refractivity contribution < 1.29 is 0 Å². The summed E-state index contributed by atoms with van der Waals surface area (Å²) in [5.41, 5.74) is 0. The van der Waals surface area contributed by atoms with Gasteiger partial charge in [0.15, 0.2) is 0 Å². The zero-order valence-electron chi connectivity index (χ0n) is 15.5. The van der Waals surface area contributed by atoms with Gasteiger partial charge in [0.05, 0.1) is 0 Å². The highest BCUT2D eigenvalue weighted by atomic mass is 27.2. The van der Waals surface area contributed by atoms with E-state index in [1.54, 1.807) is 15.8 Å². The van der Waals surface area contributed by atoms with E-state index in [0.717, 1.165) is 11.8 Å². The fourth-order valence-electron chi connectivity index (χ4n) is 3.45. The predicted octanol–water partition coefficient (Wildman–Crippen LogP) is 7.49. The molecule has 0 radical (unpaired) electrons. The molecule has 0 fully saturated rings. The van der Waals surface area contributed by atoms with E-state index < -0.39 is 14.1 Å². The Labute approximate surface area is 140 Å². The number of hydrogen-bond acceptors (Lipinski definition) is 0. The zero-order valence-corrected chi connectivity index (χ0v) is 16.7. The van der Waals surface area contributed by atoms with Crippen LogP contribution in [0.15, 0.2) is 12.7 Å². The van der Waals surface area contributed by atoms with Crippen molar-refractivity contribution in [1.29, 1.82) is 0 Å². The molecule has 21 heavy (non-hydrogen) atoms. The van der Waals surface area contributed by atoms with E-state index in [2.05, 4.69) is 40.3 Å². The molecule has 0 rings (SSSR count). The van der Waals surface area contributed by atoms with Crippen LogP contribution < -0.4 is 0 Å². The van der Waals surface area contributed by atoms with Gasteiger partial charge in [-0.15, -0.1) is 6.58 Å². The molecule has 0 aromatic heterocycles. The second-order valence-electron chi connectivity index (χ2n) is 7.82. The van der Waals surface area contributed by atoms with Gasteiger partial charge in [-0.25, -0.2) is 0 Å². The largest absolute Gasteiger partial charge is 0.262 e. The lowest BCUT2D eigenvalue weighted by molar-refractivity contribution is 0.575. The fourth-order valence-corrected chi connectivity index (χ4v) is 7.64. The average molecular weight is 309 g/mol. The van der Waals surface area contributed by atoms with Crippen LogP contribution in [0.5, 0.6) is 0 Å². The van der Waals surface area contributed by atoms with Gasteiger partial charge >= 0.3 is 0 Å². The molecule has 0 unspecified atom stereocenters. The Balaban J connectivity index is 3.46. The van der Waals surface area contributed by atoms with Crippen LogP contribution in [0.1, 0.15) is 85.5 Å². The van der Waals surface area contributed by atoms with E-state index >= 15 is 0 Å². The summed E-state index contributed by atoms with van der Waals surface area (Å²) in [5.74, 6) is 1.85. The van der Waals surface area contributed by atoms with Gasteiger partial charge in [-0.1, -0.05) is 106 Å². The monoisotopic (exact) mass is 308 g/mol. The molecule has 0 N–H and O–H groups in total. The van der Waals surface area contributed by atoms with Crippen LogP contribution in [0.25, 0.3) is 0 Å².